The van der Waals surface area contributed by atoms with Crippen molar-refractivity contribution in [3.8, 4) is 0 Å². The van der Waals surface area contributed by atoms with Gasteiger partial charge in [-0.2, -0.15) is 0 Å². The van der Waals surface area contributed by atoms with Crippen molar-refractivity contribution in [2.24, 2.45) is 0 Å². The second-order valence-electron chi connectivity index (χ2n) is 5.68. The fourth-order valence-electron chi connectivity index (χ4n) is 1.94. The molecule has 2 aromatic rings. The van der Waals surface area contributed by atoms with E-state index in [-0.39, 0.29) is 11.4 Å². The van der Waals surface area contributed by atoms with Gasteiger partial charge < -0.3 is 5.32 Å². The summed E-state index contributed by atoms with van der Waals surface area (Å²) in [4.78, 5) is 16.7. The molecule has 2 rings (SSSR count). The van der Waals surface area contributed by atoms with Crippen LogP contribution in [0.3, 0.4) is 0 Å². The maximum atomic E-state index is 12.3. The average Bonchev–Trinajstić information content (AvgIpc) is 2.50. The van der Waals surface area contributed by atoms with Gasteiger partial charge in [-0.25, -0.2) is 4.98 Å². The fourth-order valence-corrected chi connectivity index (χ4v) is 1.94. The fraction of sp³-hybridized carbons (Fsp3) is 0.429. The van der Waals surface area contributed by atoms with Crippen molar-refractivity contribution in [1.29, 1.82) is 0 Å². The summed E-state index contributed by atoms with van der Waals surface area (Å²) >= 11 is 0. The molecule has 1 N–H and O–H groups in total. The van der Waals surface area contributed by atoms with Gasteiger partial charge >= 0.3 is 0 Å². The van der Waals surface area contributed by atoms with E-state index >= 15 is 0 Å². The van der Waals surface area contributed by atoms with Gasteiger partial charge in [-0.1, -0.05) is 6.07 Å². The number of nitrogens with one attached hydrogen (secondary N) is 1. The number of hydrogen-bond acceptors (Lipinski definition) is 2. The highest BCUT2D eigenvalue weighted by Gasteiger charge is 2.21. The summed E-state index contributed by atoms with van der Waals surface area (Å²) < 4.78 is 1.85. The van der Waals surface area contributed by atoms with Crippen molar-refractivity contribution in [1.82, 2.24) is 14.7 Å². The molecule has 0 atom stereocenters. The van der Waals surface area contributed by atoms with Crippen LogP contribution in [0.1, 0.15) is 42.5 Å². The quantitative estimate of drug-likeness (QED) is 0.839. The second kappa shape index (κ2) is 4.12. The number of imidazole rings is 1. The number of carbonyl (C=O) groups excluding carboxylic acids is 1. The lowest BCUT2D eigenvalue weighted by molar-refractivity contribution is 0.0913. The lowest BCUT2D eigenvalue weighted by atomic mass is 10.1. The minimum absolute atomic E-state index is 0.0851. The van der Waals surface area contributed by atoms with Crippen LogP contribution in [-0.4, -0.2) is 20.8 Å². The number of aromatic nitrogens is 2. The van der Waals surface area contributed by atoms with Gasteiger partial charge in [0.15, 0.2) is 0 Å². The van der Waals surface area contributed by atoms with Crippen LogP contribution in [0.5, 0.6) is 0 Å². The van der Waals surface area contributed by atoms with E-state index in [9.17, 15) is 4.79 Å². The third kappa shape index (κ3) is 2.37. The summed E-state index contributed by atoms with van der Waals surface area (Å²) in [6.07, 6.45) is 1.94. The summed E-state index contributed by atoms with van der Waals surface area (Å²) in [5, 5.41) is 2.97. The molecule has 0 aliphatic rings. The van der Waals surface area contributed by atoms with E-state index in [0.717, 1.165) is 16.9 Å². The zero-order chi connectivity index (χ0) is 13.5. The van der Waals surface area contributed by atoms with Crippen LogP contribution >= 0.6 is 0 Å². The highest BCUT2D eigenvalue weighted by molar-refractivity contribution is 5.95. The number of hydrogen-bond donors (Lipinski definition) is 1. The number of nitrogens with zero attached hydrogens (tertiary/aromatic N) is 2. The third-order valence-corrected chi connectivity index (χ3v) is 2.64. The van der Waals surface area contributed by atoms with Gasteiger partial charge in [-0.05, 0) is 46.2 Å². The van der Waals surface area contributed by atoms with Crippen molar-refractivity contribution in [2.75, 3.05) is 0 Å². The van der Waals surface area contributed by atoms with E-state index in [1.54, 1.807) is 0 Å². The van der Waals surface area contributed by atoms with Crippen LogP contribution in [-0.2, 0) is 0 Å². The Kier molecular flexibility index (Phi) is 2.89. The Morgan fingerprint density at radius 2 is 1.94 bits per heavy atom. The van der Waals surface area contributed by atoms with Gasteiger partial charge in [0, 0.05) is 11.7 Å². The lowest BCUT2D eigenvalue weighted by Crippen LogP contribution is -2.41. The molecule has 0 radical (unpaired) electrons. The average molecular weight is 245 g/mol. The van der Waals surface area contributed by atoms with Gasteiger partial charge in [-0.3, -0.25) is 9.20 Å². The number of amides is 1. The zero-order valence-corrected chi connectivity index (χ0v) is 11.5. The predicted molar refractivity (Wildman–Crippen MR) is 71.9 cm³/mol. The highest BCUT2D eigenvalue weighted by atomic mass is 16.2. The van der Waals surface area contributed by atoms with Crippen molar-refractivity contribution < 1.29 is 4.79 Å². The minimum Gasteiger partial charge on any atom is -0.346 e. The Bertz CT molecular complexity index is 605. The minimum atomic E-state index is -0.252. The van der Waals surface area contributed by atoms with E-state index < -0.39 is 0 Å². The van der Waals surface area contributed by atoms with Gasteiger partial charge in [0.25, 0.3) is 5.91 Å². The summed E-state index contributed by atoms with van der Waals surface area (Å²) in [6, 6.07) is 3.92. The molecular weight excluding hydrogens is 226 g/mol. The molecule has 0 bridgehead atoms. The van der Waals surface area contributed by atoms with Crippen LogP contribution < -0.4 is 5.32 Å². The Balaban J connectivity index is 2.53. The number of pyridine rings is 1. The molecule has 4 heteroatoms. The summed E-state index contributed by atoms with van der Waals surface area (Å²) in [7, 11) is 0. The molecule has 2 aromatic heterocycles. The van der Waals surface area contributed by atoms with Crippen LogP contribution in [0, 0.1) is 13.8 Å². The van der Waals surface area contributed by atoms with Crippen LogP contribution in [0.15, 0.2) is 18.3 Å². The smallest absolute Gasteiger partial charge is 0.270 e. The maximum Gasteiger partial charge on any atom is 0.270 e. The van der Waals surface area contributed by atoms with Crippen molar-refractivity contribution in [3.05, 3.63) is 35.3 Å². The van der Waals surface area contributed by atoms with Crippen molar-refractivity contribution >= 4 is 11.6 Å². The van der Waals surface area contributed by atoms with E-state index in [0.29, 0.717) is 5.69 Å². The van der Waals surface area contributed by atoms with Crippen LogP contribution in [0.4, 0.5) is 0 Å². The first-order valence-corrected chi connectivity index (χ1v) is 6.06. The Morgan fingerprint density at radius 1 is 1.28 bits per heavy atom. The predicted octanol–water partition coefficient (Wildman–Crippen LogP) is 2.48. The van der Waals surface area contributed by atoms with Gasteiger partial charge in [0.2, 0.25) is 0 Å². The Labute approximate surface area is 107 Å². The molecule has 0 unspecified atom stereocenters. The van der Waals surface area contributed by atoms with Gasteiger partial charge in [0.1, 0.15) is 11.3 Å². The van der Waals surface area contributed by atoms with Crippen LogP contribution in [0.25, 0.3) is 5.65 Å². The molecule has 4 nitrogen and oxygen atoms in total. The zero-order valence-electron chi connectivity index (χ0n) is 11.5. The summed E-state index contributed by atoms with van der Waals surface area (Å²) in [5.41, 5.74) is 3.02. The molecule has 0 aliphatic carbocycles. The monoisotopic (exact) mass is 245 g/mol. The SMILES string of the molecule is Cc1ccc2nc(C)c(C(=O)NC(C)(C)C)n2c1. The largest absolute Gasteiger partial charge is 0.346 e. The molecule has 2 heterocycles. The Hall–Kier alpha value is -1.84. The van der Waals surface area contributed by atoms with E-state index in [2.05, 4.69) is 10.3 Å². The number of fused-ring (bicyclic) bond motifs is 1. The summed E-state index contributed by atoms with van der Waals surface area (Å²) in [6.45, 7) is 9.76. The molecule has 0 aromatic carbocycles. The van der Waals surface area contributed by atoms with E-state index in [4.69, 9.17) is 0 Å². The number of carbonyl (C=O) groups is 1. The molecule has 0 spiro atoms. The molecule has 0 aliphatic heterocycles. The van der Waals surface area contributed by atoms with E-state index in [1.807, 2.05) is 57.3 Å². The molecular formula is C14H19N3O. The molecule has 96 valence electrons. The first kappa shape index (κ1) is 12.6. The maximum absolute atomic E-state index is 12.3. The van der Waals surface area contributed by atoms with Crippen molar-refractivity contribution in [2.45, 2.75) is 40.2 Å². The molecule has 18 heavy (non-hydrogen) atoms. The van der Waals surface area contributed by atoms with Gasteiger partial charge in [0.05, 0.1) is 5.69 Å². The summed E-state index contributed by atoms with van der Waals surface area (Å²) in [5.74, 6) is -0.0851. The third-order valence-electron chi connectivity index (χ3n) is 2.64. The molecule has 0 saturated carbocycles. The van der Waals surface area contributed by atoms with Gasteiger partial charge in [-0.15, -0.1) is 0 Å². The van der Waals surface area contributed by atoms with Crippen molar-refractivity contribution in [3.63, 3.8) is 0 Å². The molecule has 0 fully saturated rings. The Morgan fingerprint density at radius 3 is 2.56 bits per heavy atom. The first-order chi connectivity index (χ1) is 8.28. The standard InChI is InChI=1S/C14H19N3O/c1-9-6-7-11-15-10(2)12(17(11)8-9)13(18)16-14(3,4)5/h6-8H,1-5H3,(H,16,18). The molecule has 1 amide bonds. The highest BCUT2D eigenvalue weighted by Crippen LogP contribution is 2.14. The number of rotatable bonds is 1. The number of aryl methyl sites for hydroxylation is 2. The van der Waals surface area contributed by atoms with Crippen LogP contribution in [0.2, 0.25) is 0 Å². The second-order valence-corrected chi connectivity index (χ2v) is 5.68. The molecule has 0 saturated heterocycles. The normalized spacial score (nSPS) is 11.8. The topological polar surface area (TPSA) is 46.4 Å². The lowest BCUT2D eigenvalue weighted by Gasteiger charge is -2.20. The first-order valence-electron chi connectivity index (χ1n) is 6.06. The van der Waals surface area contributed by atoms with E-state index in [1.165, 1.54) is 0 Å².